The van der Waals surface area contributed by atoms with Crippen LogP contribution in [-0.4, -0.2) is 37.3 Å². The molecule has 0 heterocycles. The third kappa shape index (κ3) is 4.01. The van der Waals surface area contributed by atoms with Crippen LogP contribution in [0.5, 0.6) is 0 Å². The number of hydrogen-bond acceptors (Lipinski definition) is 5. The Labute approximate surface area is 127 Å². The van der Waals surface area contributed by atoms with Crippen LogP contribution in [-0.2, 0) is 20.6 Å². The Morgan fingerprint density at radius 2 is 1.82 bits per heavy atom. The summed E-state index contributed by atoms with van der Waals surface area (Å²) in [5.41, 5.74) is 1.85. The maximum Gasteiger partial charge on any atom is 0.263 e. The molecule has 2 rings (SSSR count). The predicted octanol–water partition coefficient (Wildman–Crippen LogP) is 0.126. The Morgan fingerprint density at radius 3 is 2.45 bits per heavy atom. The van der Waals surface area contributed by atoms with Crippen LogP contribution >= 0.6 is 0 Å². The number of aliphatic hydroxyl groups is 1. The monoisotopic (exact) mass is 324 g/mol. The van der Waals surface area contributed by atoms with Gasteiger partial charge in [0.05, 0.1) is 12.4 Å². The lowest BCUT2D eigenvalue weighted by atomic mass is 10.1. The highest BCUT2D eigenvalue weighted by Gasteiger charge is 2.23. The molecule has 0 radical (unpaired) electrons. The highest BCUT2D eigenvalue weighted by atomic mass is 32.2. The van der Waals surface area contributed by atoms with E-state index in [0.29, 0.717) is 5.56 Å². The molecule has 1 amide bonds. The number of hydroxylamine groups is 1. The number of sulfonamides is 1. The summed E-state index contributed by atoms with van der Waals surface area (Å²) in [6.45, 7) is -0.761. The van der Waals surface area contributed by atoms with Crippen LogP contribution in [0.1, 0.15) is 5.56 Å². The van der Waals surface area contributed by atoms with E-state index in [1.54, 1.807) is 12.1 Å². The summed E-state index contributed by atoms with van der Waals surface area (Å²) in [6, 6.07) is 11.3. The lowest BCUT2D eigenvalue weighted by Gasteiger charge is -2.14. The molecule has 0 aliphatic carbocycles. The first-order valence-electron chi connectivity index (χ1n) is 6.47. The fourth-order valence-corrected chi connectivity index (χ4v) is 3.37. The molecular formula is C14H16N2O5S. The van der Waals surface area contributed by atoms with Crippen molar-refractivity contribution in [2.75, 3.05) is 6.61 Å². The van der Waals surface area contributed by atoms with Crippen LogP contribution in [0.3, 0.4) is 0 Å². The van der Waals surface area contributed by atoms with Gasteiger partial charge >= 0.3 is 0 Å². The molecule has 4 N–H and O–H groups in total. The minimum absolute atomic E-state index is 0.340. The molecule has 0 fully saturated rings. The largest absolute Gasteiger partial charge is 0.394 e. The molecule has 0 aliphatic rings. The molecule has 0 spiro atoms. The van der Waals surface area contributed by atoms with E-state index < -0.39 is 28.6 Å². The van der Waals surface area contributed by atoms with Gasteiger partial charge in [-0.2, -0.15) is 0 Å². The zero-order valence-electron chi connectivity index (χ0n) is 11.6. The highest BCUT2D eigenvalue weighted by molar-refractivity contribution is 7.88. The molecule has 22 heavy (non-hydrogen) atoms. The molecular weight excluding hydrogens is 308 g/mol. The van der Waals surface area contributed by atoms with Gasteiger partial charge in [0.15, 0.2) is 0 Å². The first kappa shape index (κ1) is 16.4. The number of nitrogens with one attached hydrogen (secondary N) is 2. The van der Waals surface area contributed by atoms with Crippen LogP contribution in [0.4, 0.5) is 0 Å². The first-order chi connectivity index (χ1) is 10.4. The molecule has 0 aliphatic heterocycles. The van der Waals surface area contributed by atoms with E-state index in [1.807, 2.05) is 35.1 Å². The minimum Gasteiger partial charge on any atom is -0.394 e. The Bertz CT molecular complexity index is 776. The van der Waals surface area contributed by atoms with Crippen molar-refractivity contribution in [2.45, 2.75) is 11.8 Å². The van der Waals surface area contributed by atoms with Gasteiger partial charge < -0.3 is 5.11 Å². The SMILES string of the molecule is O=C(NO)[C@@H](CO)NS(=O)(=O)Cc1ccc2ccccc2c1. The van der Waals surface area contributed by atoms with E-state index in [0.717, 1.165) is 10.8 Å². The maximum absolute atomic E-state index is 12.0. The summed E-state index contributed by atoms with van der Waals surface area (Å²) in [5, 5.41) is 19.4. The van der Waals surface area contributed by atoms with E-state index in [1.165, 1.54) is 5.48 Å². The second-order valence-corrected chi connectivity index (χ2v) is 6.52. The van der Waals surface area contributed by atoms with E-state index in [9.17, 15) is 13.2 Å². The van der Waals surface area contributed by atoms with Gasteiger partial charge in [0.1, 0.15) is 6.04 Å². The highest BCUT2D eigenvalue weighted by Crippen LogP contribution is 2.17. The summed E-state index contributed by atoms with van der Waals surface area (Å²) >= 11 is 0. The molecule has 1 atom stereocenters. The van der Waals surface area contributed by atoms with Crippen LogP contribution < -0.4 is 10.2 Å². The molecule has 0 aromatic heterocycles. The van der Waals surface area contributed by atoms with Crippen LogP contribution in [0.25, 0.3) is 10.8 Å². The summed E-state index contributed by atoms with van der Waals surface area (Å²) in [6.07, 6.45) is 0. The van der Waals surface area contributed by atoms with E-state index in [-0.39, 0.29) is 5.75 Å². The van der Waals surface area contributed by atoms with Crippen molar-refractivity contribution in [1.29, 1.82) is 0 Å². The second-order valence-electron chi connectivity index (χ2n) is 4.77. The Balaban J connectivity index is 2.17. The average molecular weight is 324 g/mol. The number of carbonyl (C=O) groups excluding carboxylic acids is 1. The summed E-state index contributed by atoms with van der Waals surface area (Å²) < 4.78 is 26.1. The van der Waals surface area contributed by atoms with Crippen molar-refractivity contribution < 1.29 is 23.5 Å². The maximum atomic E-state index is 12.0. The number of aliphatic hydroxyl groups excluding tert-OH is 1. The normalized spacial score (nSPS) is 13.0. The van der Waals surface area contributed by atoms with Gasteiger partial charge in [0, 0.05) is 0 Å². The molecule has 0 saturated heterocycles. The minimum atomic E-state index is -3.85. The number of amides is 1. The fraction of sp³-hybridized carbons (Fsp3) is 0.214. The van der Waals surface area contributed by atoms with Gasteiger partial charge in [-0.25, -0.2) is 18.6 Å². The number of fused-ring (bicyclic) bond motifs is 1. The van der Waals surface area contributed by atoms with Gasteiger partial charge in [0.25, 0.3) is 5.91 Å². The number of rotatable bonds is 6. The lowest BCUT2D eigenvalue weighted by Crippen LogP contribution is -2.48. The van der Waals surface area contributed by atoms with Crippen LogP contribution in [0.15, 0.2) is 42.5 Å². The Kier molecular flexibility index (Phi) is 5.09. The molecule has 0 bridgehead atoms. The third-order valence-electron chi connectivity index (χ3n) is 3.10. The fourth-order valence-electron chi connectivity index (χ4n) is 2.06. The van der Waals surface area contributed by atoms with Gasteiger partial charge in [-0.15, -0.1) is 0 Å². The first-order valence-corrected chi connectivity index (χ1v) is 8.13. The van der Waals surface area contributed by atoms with Gasteiger partial charge in [-0.1, -0.05) is 42.5 Å². The molecule has 8 heteroatoms. The lowest BCUT2D eigenvalue weighted by molar-refractivity contribution is -0.131. The standard InChI is InChI=1S/C14H16N2O5S/c17-8-13(14(18)15-19)16-22(20,21)9-10-5-6-11-3-1-2-4-12(11)7-10/h1-7,13,16-17,19H,8-9H2,(H,15,18)/t13-/m1/s1. The number of carbonyl (C=O) groups is 1. The van der Waals surface area contributed by atoms with Crippen molar-refractivity contribution in [3.05, 3.63) is 48.0 Å². The van der Waals surface area contributed by atoms with Crippen LogP contribution in [0.2, 0.25) is 0 Å². The van der Waals surface area contributed by atoms with Gasteiger partial charge in [0.2, 0.25) is 10.0 Å². The molecule has 7 nitrogen and oxygen atoms in total. The number of hydrogen-bond donors (Lipinski definition) is 4. The Morgan fingerprint density at radius 1 is 1.14 bits per heavy atom. The summed E-state index contributed by atoms with van der Waals surface area (Å²) in [4.78, 5) is 11.2. The second kappa shape index (κ2) is 6.84. The summed E-state index contributed by atoms with van der Waals surface area (Å²) in [7, 11) is -3.85. The zero-order valence-corrected chi connectivity index (χ0v) is 12.4. The van der Waals surface area contributed by atoms with Crippen LogP contribution in [0, 0.1) is 0 Å². The van der Waals surface area contributed by atoms with Gasteiger partial charge in [-0.3, -0.25) is 10.0 Å². The molecule has 0 saturated carbocycles. The van der Waals surface area contributed by atoms with Crippen molar-refractivity contribution in [3.63, 3.8) is 0 Å². The third-order valence-corrected chi connectivity index (χ3v) is 4.46. The number of benzene rings is 2. The van der Waals surface area contributed by atoms with E-state index in [4.69, 9.17) is 10.3 Å². The van der Waals surface area contributed by atoms with Crippen molar-refractivity contribution in [1.82, 2.24) is 10.2 Å². The van der Waals surface area contributed by atoms with Crippen molar-refractivity contribution in [3.8, 4) is 0 Å². The van der Waals surface area contributed by atoms with Gasteiger partial charge in [-0.05, 0) is 16.3 Å². The van der Waals surface area contributed by atoms with E-state index >= 15 is 0 Å². The van der Waals surface area contributed by atoms with E-state index in [2.05, 4.69) is 0 Å². The average Bonchev–Trinajstić information content (AvgIpc) is 2.51. The molecule has 118 valence electrons. The Hall–Kier alpha value is -2.00. The summed E-state index contributed by atoms with van der Waals surface area (Å²) in [5.74, 6) is -1.36. The molecule has 2 aromatic rings. The zero-order chi connectivity index (χ0) is 16.2. The predicted molar refractivity (Wildman–Crippen MR) is 80.5 cm³/mol. The quantitative estimate of drug-likeness (QED) is 0.445. The van der Waals surface area contributed by atoms with Crippen molar-refractivity contribution in [2.24, 2.45) is 0 Å². The topological polar surface area (TPSA) is 116 Å². The molecule has 0 unspecified atom stereocenters. The molecule has 2 aromatic carbocycles. The van der Waals surface area contributed by atoms with Crippen molar-refractivity contribution >= 4 is 26.7 Å². The smallest absolute Gasteiger partial charge is 0.263 e.